The van der Waals surface area contributed by atoms with Gasteiger partial charge in [0.25, 0.3) is 5.56 Å². The Hall–Kier alpha value is -2.66. The van der Waals surface area contributed by atoms with Crippen LogP contribution < -0.4 is 16.0 Å². The van der Waals surface area contributed by atoms with Gasteiger partial charge in [0.1, 0.15) is 5.75 Å². The van der Waals surface area contributed by atoms with E-state index in [0.717, 1.165) is 16.7 Å². The second kappa shape index (κ2) is 5.99. The molecular formula is C17H17N3O2. The molecule has 1 atom stereocenters. The van der Waals surface area contributed by atoms with Crippen molar-refractivity contribution in [2.24, 2.45) is 5.73 Å². The number of benzene rings is 2. The van der Waals surface area contributed by atoms with Gasteiger partial charge in [-0.05, 0) is 23.8 Å². The average Bonchev–Trinajstić information content (AvgIpc) is 2.57. The predicted molar refractivity (Wildman–Crippen MR) is 85.9 cm³/mol. The lowest BCUT2D eigenvalue weighted by molar-refractivity contribution is 0.413. The Morgan fingerprint density at radius 1 is 1.23 bits per heavy atom. The molecule has 0 aliphatic heterocycles. The van der Waals surface area contributed by atoms with E-state index < -0.39 is 0 Å². The highest BCUT2D eigenvalue weighted by Gasteiger charge is 2.11. The molecule has 1 unspecified atom stereocenters. The number of nitrogens with two attached hydrogens (primary N) is 1. The van der Waals surface area contributed by atoms with Crippen molar-refractivity contribution in [1.29, 1.82) is 0 Å². The molecule has 0 spiro atoms. The lowest BCUT2D eigenvalue weighted by Crippen LogP contribution is -2.28. The molecule has 0 saturated carbocycles. The molecule has 2 aromatic carbocycles. The van der Waals surface area contributed by atoms with E-state index in [1.807, 2.05) is 42.5 Å². The molecule has 3 rings (SSSR count). The minimum absolute atomic E-state index is 0.128. The second-order valence-electron chi connectivity index (χ2n) is 5.10. The first-order valence-corrected chi connectivity index (χ1v) is 7.03. The first-order chi connectivity index (χ1) is 10.7. The molecule has 0 fully saturated rings. The lowest BCUT2D eigenvalue weighted by Gasteiger charge is -2.14. The molecule has 0 aliphatic carbocycles. The standard InChI is InChI=1S/C17H17N3O2/c1-22-14-7-4-6-12(9-14)16(18)11-20-17(21)15-8-3-2-5-13(15)10-19-20/h2-10,16H,11,18H2,1H3. The first kappa shape index (κ1) is 14.3. The van der Waals surface area contributed by atoms with Gasteiger partial charge in [0.15, 0.2) is 0 Å². The van der Waals surface area contributed by atoms with E-state index in [1.165, 1.54) is 4.68 Å². The number of hydrogen-bond acceptors (Lipinski definition) is 4. The van der Waals surface area contributed by atoms with Crippen LogP contribution in [0.5, 0.6) is 5.75 Å². The molecule has 0 saturated heterocycles. The second-order valence-corrected chi connectivity index (χ2v) is 5.10. The summed E-state index contributed by atoms with van der Waals surface area (Å²) in [5, 5.41) is 5.69. The van der Waals surface area contributed by atoms with Crippen molar-refractivity contribution in [3.8, 4) is 5.75 Å². The third-order valence-corrected chi connectivity index (χ3v) is 3.65. The molecular weight excluding hydrogens is 278 g/mol. The summed E-state index contributed by atoms with van der Waals surface area (Å²) in [5.41, 5.74) is 6.98. The lowest BCUT2D eigenvalue weighted by atomic mass is 10.1. The SMILES string of the molecule is COc1cccc(C(N)Cn2ncc3ccccc3c2=O)c1. The van der Waals surface area contributed by atoms with E-state index in [2.05, 4.69) is 5.10 Å². The van der Waals surface area contributed by atoms with Crippen LogP contribution in [0.1, 0.15) is 11.6 Å². The van der Waals surface area contributed by atoms with Gasteiger partial charge in [0, 0.05) is 11.4 Å². The molecule has 5 heteroatoms. The van der Waals surface area contributed by atoms with Crippen LogP contribution in [0.3, 0.4) is 0 Å². The van der Waals surface area contributed by atoms with Crippen molar-refractivity contribution in [2.75, 3.05) is 7.11 Å². The van der Waals surface area contributed by atoms with Gasteiger partial charge < -0.3 is 10.5 Å². The van der Waals surface area contributed by atoms with Crippen molar-refractivity contribution in [2.45, 2.75) is 12.6 Å². The highest BCUT2D eigenvalue weighted by molar-refractivity contribution is 5.80. The van der Waals surface area contributed by atoms with Crippen LogP contribution >= 0.6 is 0 Å². The Kier molecular flexibility index (Phi) is 3.89. The first-order valence-electron chi connectivity index (χ1n) is 7.03. The third-order valence-electron chi connectivity index (χ3n) is 3.65. The highest BCUT2D eigenvalue weighted by atomic mass is 16.5. The van der Waals surface area contributed by atoms with Crippen molar-refractivity contribution in [3.05, 3.63) is 70.6 Å². The normalized spacial score (nSPS) is 12.3. The quantitative estimate of drug-likeness (QED) is 0.800. The van der Waals surface area contributed by atoms with Crippen LogP contribution in [0.25, 0.3) is 10.8 Å². The summed E-state index contributed by atoms with van der Waals surface area (Å²) >= 11 is 0. The molecule has 5 nitrogen and oxygen atoms in total. The minimum Gasteiger partial charge on any atom is -0.497 e. The third kappa shape index (κ3) is 2.71. The Labute approximate surface area is 127 Å². The summed E-state index contributed by atoms with van der Waals surface area (Å²) < 4.78 is 6.61. The fourth-order valence-electron chi connectivity index (χ4n) is 2.42. The molecule has 1 aromatic heterocycles. The average molecular weight is 295 g/mol. The van der Waals surface area contributed by atoms with E-state index >= 15 is 0 Å². The van der Waals surface area contributed by atoms with Crippen LogP contribution in [0.15, 0.2) is 59.5 Å². The van der Waals surface area contributed by atoms with E-state index in [0.29, 0.717) is 11.9 Å². The zero-order chi connectivity index (χ0) is 15.5. The van der Waals surface area contributed by atoms with Crippen molar-refractivity contribution >= 4 is 10.8 Å². The summed E-state index contributed by atoms with van der Waals surface area (Å²) in [6.07, 6.45) is 1.69. The smallest absolute Gasteiger partial charge is 0.274 e. The van der Waals surface area contributed by atoms with Gasteiger partial charge in [-0.15, -0.1) is 0 Å². The number of hydrogen-bond donors (Lipinski definition) is 1. The molecule has 0 bridgehead atoms. The van der Waals surface area contributed by atoms with Gasteiger partial charge in [-0.25, -0.2) is 4.68 Å². The number of ether oxygens (including phenoxy) is 1. The highest BCUT2D eigenvalue weighted by Crippen LogP contribution is 2.18. The molecule has 2 N–H and O–H groups in total. The number of fused-ring (bicyclic) bond motifs is 1. The maximum absolute atomic E-state index is 12.4. The fraction of sp³-hybridized carbons (Fsp3) is 0.176. The van der Waals surface area contributed by atoms with Gasteiger partial charge >= 0.3 is 0 Å². The zero-order valence-electron chi connectivity index (χ0n) is 12.3. The summed E-state index contributed by atoms with van der Waals surface area (Å²) in [7, 11) is 1.61. The monoisotopic (exact) mass is 295 g/mol. The Balaban J connectivity index is 1.92. The maximum atomic E-state index is 12.4. The number of aromatic nitrogens is 2. The van der Waals surface area contributed by atoms with Crippen molar-refractivity contribution < 1.29 is 4.74 Å². The molecule has 22 heavy (non-hydrogen) atoms. The Morgan fingerprint density at radius 2 is 2.05 bits per heavy atom. The van der Waals surface area contributed by atoms with Crippen LogP contribution in [-0.2, 0) is 6.54 Å². The van der Waals surface area contributed by atoms with E-state index in [9.17, 15) is 4.79 Å². The topological polar surface area (TPSA) is 70.1 Å². The number of rotatable bonds is 4. The van der Waals surface area contributed by atoms with Crippen molar-refractivity contribution in [3.63, 3.8) is 0 Å². The summed E-state index contributed by atoms with van der Waals surface area (Å²) in [4.78, 5) is 12.4. The van der Waals surface area contributed by atoms with Gasteiger partial charge in [0.05, 0.1) is 25.2 Å². The van der Waals surface area contributed by atoms with Crippen LogP contribution in [-0.4, -0.2) is 16.9 Å². The molecule has 0 amide bonds. The summed E-state index contributed by atoms with van der Waals surface area (Å²) in [6, 6.07) is 14.6. The Bertz CT molecular complexity index is 858. The van der Waals surface area contributed by atoms with Crippen LogP contribution in [0.4, 0.5) is 0 Å². The van der Waals surface area contributed by atoms with E-state index in [1.54, 1.807) is 19.4 Å². The van der Waals surface area contributed by atoms with Gasteiger partial charge in [-0.2, -0.15) is 5.10 Å². The molecule has 0 radical (unpaired) electrons. The van der Waals surface area contributed by atoms with Crippen molar-refractivity contribution in [1.82, 2.24) is 9.78 Å². The minimum atomic E-state index is -0.332. The zero-order valence-corrected chi connectivity index (χ0v) is 12.3. The summed E-state index contributed by atoms with van der Waals surface area (Å²) in [5.74, 6) is 0.742. The maximum Gasteiger partial charge on any atom is 0.274 e. The fourth-order valence-corrected chi connectivity index (χ4v) is 2.42. The number of methoxy groups -OCH3 is 1. The largest absolute Gasteiger partial charge is 0.497 e. The van der Waals surface area contributed by atoms with Crippen LogP contribution in [0, 0.1) is 0 Å². The van der Waals surface area contributed by atoms with E-state index in [4.69, 9.17) is 10.5 Å². The van der Waals surface area contributed by atoms with Crippen LogP contribution in [0.2, 0.25) is 0 Å². The summed E-state index contributed by atoms with van der Waals surface area (Å²) in [6.45, 7) is 0.316. The Morgan fingerprint density at radius 3 is 2.86 bits per heavy atom. The molecule has 112 valence electrons. The van der Waals surface area contributed by atoms with Gasteiger partial charge in [-0.3, -0.25) is 4.79 Å². The molecule has 3 aromatic rings. The number of nitrogens with zero attached hydrogens (tertiary/aromatic N) is 2. The van der Waals surface area contributed by atoms with Gasteiger partial charge in [0.2, 0.25) is 0 Å². The molecule has 1 heterocycles. The predicted octanol–water partition coefficient (Wildman–Crippen LogP) is 2.11. The van der Waals surface area contributed by atoms with E-state index in [-0.39, 0.29) is 11.6 Å². The molecule has 0 aliphatic rings. The van der Waals surface area contributed by atoms with Gasteiger partial charge in [-0.1, -0.05) is 30.3 Å².